The van der Waals surface area contributed by atoms with E-state index in [9.17, 15) is 4.79 Å². The summed E-state index contributed by atoms with van der Waals surface area (Å²) in [6.07, 6.45) is 2.01. The molecule has 0 aliphatic carbocycles. The Balaban J connectivity index is 1.57. The molecule has 2 unspecified atom stereocenters. The second kappa shape index (κ2) is 5.44. The monoisotopic (exact) mass is 273 g/mol. The lowest BCUT2D eigenvalue weighted by Gasteiger charge is -2.24. The number of amides is 1. The molecule has 2 aliphatic rings. The average molecular weight is 273 g/mol. The van der Waals surface area contributed by atoms with E-state index in [4.69, 9.17) is 0 Å². The summed E-state index contributed by atoms with van der Waals surface area (Å²) in [5.74, 6) is 0.841. The van der Waals surface area contributed by atoms with Gasteiger partial charge in [-0.05, 0) is 37.6 Å². The van der Waals surface area contributed by atoms with Crippen LogP contribution in [0.15, 0.2) is 24.3 Å². The van der Waals surface area contributed by atoms with E-state index in [1.165, 1.54) is 12.0 Å². The van der Waals surface area contributed by atoms with Crippen molar-refractivity contribution in [2.45, 2.75) is 18.9 Å². The highest BCUT2D eigenvalue weighted by atomic mass is 16.2. The number of benzene rings is 1. The Morgan fingerprint density at radius 1 is 1.45 bits per heavy atom. The van der Waals surface area contributed by atoms with Gasteiger partial charge in [-0.15, -0.1) is 0 Å². The number of fused-ring (bicyclic) bond motifs is 1. The summed E-state index contributed by atoms with van der Waals surface area (Å²) in [5, 5.41) is 3.35. The van der Waals surface area contributed by atoms with Crippen LogP contribution in [0.25, 0.3) is 0 Å². The Hall–Kier alpha value is -1.55. The van der Waals surface area contributed by atoms with Gasteiger partial charge in [-0.2, -0.15) is 0 Å². The first kappa shape index (κ1) is 13.4. The zero-order chi connectivity index (χ0) is 14.1. The van der Waals surface area contributed by atoms with Gasteiger partial charge in [0.25, 0.3) is 0 Å². The van der Waals surface area contributed by atoms with Crippen molar-refractivity contribution in [2.75, 3.05) is 39.0 Å². The van der Waals surface area contributed by atoms with Crippen molar-refractivity contribution in [3.63, 3.8) is 0 Å². The van der Waals surface area contributed by atoms with Gasteiger partial charge in [0.2, 0.25) is 5.91 Å². The SMILES string of the molecule is CN1CCC(CN(C)C(=O)C2Cc3ccccc3N2)C1. The van der Waals surface area contributed by atoms with Crippen LogP contribution in [-0.2, 0) is 11.2 Å². The number of carbonyl (C=O) groups is 1. The van der Waals surface area contributed by atoms with Crippen LogP contribution in [0.4, 0.5) is 5.69 Å². The molecule has 3 rings (SSSR count). The number of hydrogen-bond acceptors (Lipinski definition) is 3. The quantitative estimate of drug-likeness (QED) is 0.905. The summed E-state index contributed by atoms with van der Waals surface area (Å²) < 4.78 is 0. The summed E-state index contributed by atoms with van der Waals surface area (Å²) in [6, 6.07) is 8.11. The Bertz CT molecular complexity index is 477. The first-order chi connectivity index (χ1) is 9.63. The van der Waals surface area contributed by atoms with E-state index in [2.05, 4.69) is 29.4 Å². The zero-order valence-corrected chi connectivity index (χ0v) is 12.3. The molecule has 2 heterocycles. The number of carbonyl (C=O) groups excluding carboxylic acids is 1. The van der Waals surface area contributed by atoms with Gasteiger partial charge in [-0.1, -0.05) is 18.2 Å². The smallest absolute Gasteiger partial charge is 0.245 e. The molecule has 2 atom stereocenters. The fraction of sp³-hybridized carbons (Fsp3) is 0.562. The Morgan fingerprint density at radius 3 is 2.95 bits per heavy atom. The number of rotatable bonds is 3. The molecule has 108 valence electrons. The van der Waals surface area contributed by atoms with Crippen LogP contribution in [-0.4, -0.2) is 55.5 Å². The first-order valence-electron chi connectivity index (χ1n) is 7.41. The van der Waals surface area contributed by atoms with Crippen LogP contribution in [0.1, 0.15) is 12.0 Å². The van der Waals surface area contributed by atoms with Crippen LogP contribution in [0.3, 0.4) is 0 Å². The molecule has 1 amide bonds. The third-order valence-electron chi connectivity index (χ3n) is 4.47. The highest BCUT2D eigenvalue weighted by Gasteiger charge is 2.30. The molecule has 1 aromatic rings. The number of nitrogens with one attached hydrogen (secondary N) is 1. The average Bonchev–Trinajstić information content (AvgIpc) is 3.03. The topological polar surface area (TPSA) is 35.6 Å². The van der Waals surface area contributed by atoms with Gasteiger partial charge in [-0.3, -0.25) is 4.79 Å². The standard InChI is InChI=1S/C16H23N3O/c1-18-8-7-12(10-18)11-19(2)16(20)15-9-13-5-3-4-6-14(13)17-15/h3-6,12,15,17H,7-11H2,1-2H3. The van der Waals surface area contributed by atoms with Gasteiger partial charge in [-0.25, -0.2) is 0 Å². The normalized spacial score (nSPS) is 25.3. The largest absolute Gasteiger partial charge is 0.373 e. The Labute approximate surface area is 120 Å². The van der Waals surface area contributed by atoms with E-state index in [0.29, 0.717) is 5.92 Å². The minimum Gasteiger partial charge on any atom is -0.373 e. The number of hydrogen-bond donors (Lipinski definition) is 1. The molecule has 1 saturated heterocycles. The summed E-state index contributed by atoms with van der Waals surface area (Å²) >= 11 is 0. The number of likely N-dealkylation sites (N-methyl/N-ethyl adjacent to an activating group) is 1. The van der Waals surface area contributed by atoms with Gasteiger partial charge < -0.3 is 15.1 Å². The van der Waals surface area contributed by atoms with Crippen molar-refractivity contribution in [2.24, 2.45) is 5.92 Å². The predicted octanol–water partition coefficient (Wildman–Crippen LogP) is 1.43. The summed E-state index contributed by atoms with van der Waals surface area (Å²) in [4.78, 5) is 16.8. The van der Waals surface area contributed by atoms with E-state index >= 15 is 0 Å². The molecular weight excluding hydrogens is 250 g/mol. The lowest BCUT2D eigenvalue weighted by Crippen LogP contribution is -2.42. The molecule has 0 saturated carbocycles. The number of para-hydroxylation sites is 1. The molecule has 0 aromatic heterocycles. The highest BCUT2D eigenvalue weighted by Crippen LogP contribution is 2.26. The summed E-state index contributed by atoms with van der Waals surface area (Å²) in [5.41, 5.74) is 2.36. The van der Waals surface area contributed by atoms with Crippen molar-refractivity contribution in [3.8, 4) is 0 Å². The van der Waals surface area contributed by atoms with E-state index in [1.807, 2.05) is 24.1 Å². The van der Waals surface area contributed by atoms with Gasteiger partial charge in [0.1, 0.15) is 6.04 Å². The maximum atomic E-state index is 12.5. The lowest BCUT2D eigenvalue weighted by atomic mass is 10.1. The summed E-state index contributed by atoms with van der Waals surface area (Å²) in [7, 11) is 4.09. The van der Waals surface area contributed by atoms with E-state index in [-0.39, 0.29) is 11.9 Å². The number of nitrogens with zero attached hydrogens (tertiary/aromatic N) is 2. The fourth-order valence-corrected chi connectivity index (χ4v) is 3.37. The van der Waals surface area contributed by atoms with Gasteiger partial charge >= 0.3 is 0 Å². The second-order valence-electron chi connectivity index (χ2n) is 6.19. The van der Waals surface area contributed by atoms with Crippen molar-refractivity contribution in [3.05, 3.63) is 29.8 Å². The van der Waals surface area contributed by atoms with Gasteiger partial charge in [0.15, 0.2) is 0 Å². The molecule has 1 N–H and O–H groups in total. The van der Waals surface area contributed by atoms with E-state index in [0.717, 1.165) is 31.7 Å². The molecule has 4 heteroatoms. The molecule has 20 heavy (non-hydrogen) atoms. The van der Waals surface area contributed by atoms with Crippen molar-refractivity contribution in [1.82, 2.24) is 9.80 Å². The third-order valence-corrected chi connectivity index (χ3v) is 4.47. The zero-order valence-electron chi connectivity index (χ0n) is 12.3. The molecular formula is C16H23N3O. The molecule has 2 aliphatic heterocycles. The number of likely N-dealkylation sites (tertiary alicyclic amines) is 1. The Kier molecular flexibility index (Phi) is 3.66. The van der Waals surface area contributed by atoms with Crippen LogP contribution in [0, 0.1) is 5.92 Å². The van der Waals surface area contributed by atoms with Crippen LogP contribution in [0.2, 0.25) is 0 Å². The molecule has 0 spiro atoms. The molecule has 1 aromatic carbocycles. The first-order valence-corrected chi connectivity index (χ1v) is 7.41. The third kappa shape index (κ3) is 2.66. The van der Waals surface area contributed by atoms with E-state index in [1.54, 1.807) is 0 Å². The van der Waals surface area contributed by atoms with Gasteiger partial charge in [0.05, 0.1) is 0 Å². The lowest BCUT2D eigenvalue weighted by molar-refractivity contribution is -0.131. The van der Waals surface area contributed by atoms with Crippen LogP contribution < -0.4 is 5.32 Å². The molecule has 1 fully saturated rings. The molecule has 0 bridgehead atoms. The van der Waals surface area contributed by atoms with Crippen LogP contribution in [0.5, 0.6) is 0 Å². The highest BCUT2D eigenvalue weighted by molar-refractivity contribution is 5.87. The van der Waals surface area contributed by atoms with Gasteiger partial charge in [0, 0.05) is 32.2 Å². The van der Waals surface area contributed by atoms with Crippen molar-refractivity contribution >= 4 is 11.6 Å². The number of anilines is 1. The Morgan fingerprint density at radius 2 is 2.25 bits per heavy atom. The van der Waals surface area contributed by atoms with Crippen molar-refractivity contribution < 1.29 is 4.79 Å². The predicted molar refractivity (Wildman–Crippen MR) is 80.8 cm³/mol. The minimum absolute atomic E-state index is 0.0865. The molecule has 4 nitrogen and oxygen atoms in total. The molecule has 0 radical (unpaired) electrons. The van der Waals surface area contributed by atoms with E-state index < -0.39 is 0 Å². The summed E-state index contributed by atoms with van der Waals surface area (Å²) in [6.45, 7) is 3.13. The minimum atomic E-state index is -0.0865. The second-order valence-corrected chi connectivity index (χ2v) is 6.19. The maximum absolute atomic E-state index is 12.5. The van der Waals surface area contributed by atoms with Crippen LogP contribution >= 0.6 is 0 Å². The van der Waals surface area contributed by atoms with Crippen molar-refractivity contribution in [1.29, 1.82) is 0 Å². The maximum Gasteiger partial charge on any atom is 0.245 e. The fourth-order valence-electron chi connectivity index (χ4n) is 3.37.